The maximum absolute atomic E-state index is 12.6. The van der Waals surface area contributed by atoms with Crippen LogP contribution in [0.15, 0.2) is 54.6 Å². The van der Waals surface area contributed by atoms with Gasteiger partial charge in [-0.1, -0.05) is 30.3 Å². The highest BCUT2D eigenvalue weighted by molar-refractivity contribution is 7.73. The molecule has 3 nitrogen and oxygen atoms in total. The van der Waals surface area contributed by atoms with Crippen LogP contribution in [0, 0.1) is 0 Å². The third-order valence-corrected chi connectivity index (χ3v) is 4.62. The number of para-hydroxylation sites is 1. The normalized spacial score (nSPS) is 13.9. The summed E-state index contributed by atoms with van der Waals surface area (Å²) in [6, 6.07) is 15.5. The Balaban J connectivity index is 2.51. The summed E-state index contributed by atoms with van der Waals surface area (Å²) in [5.74, 6) is 0.467. The van der Waals surface area contributed by atoms with Crippen LogP contribution in [0.5, 0.6) is 5.75 Å². The number of hydrogen-bond acceptors (Lipinski definition) is 2. The predicted molar refractivity (Wildman–Crippen MR) is 73.1 cm³/mol. The van der Waals surface area contributed by atoms with Gasteiger partial charge in [0.1, 0.15) is 5.75 Å². The summed E-state index contributed by atoms with van der Waals surface area (Å²) in [7, 11) is -3.59. The molecule has 4 heteroatoms. The second-order valence-corrected chi connectivity index (χ2v) is 5.96. The molecule has 0 amide bonds. The van der Waals surface area contributed by atoms with Gasteiger partial charge in [0.15, 0.2) is 0 Å². The van der Waals surface area contributed by atoms with Crippen LogP contribution in [0.3, 0.4) is 0 Å². The summed E-state index contributed by atoms with van der Waals surface area (Å²) >= 11 is 0. The summed E-state index contributed by atoms with van der Waals surface area (Å²) in [5, 5.41) is 0.759. The average molecular weight is 262 g/mol. The minimum Gasteiger partial charge on any atom is -0.493 e. The van der Waals surface area contributed by atoms with E-state index >= 15 is 0 Å². The second kappa shape index (κ2) is 5.38. The van der Waals surface area contributed by atoms with Crippen molar-refractivity contribution in [3.8, 4) is 5.75 Å². The molecule has 0 spiro atoms. The van der Waals surface area contributed by atoms with Crippen molar-refractivity contribution in [1.29, 1.82) is 0 Å². The molecule has 1 N–H and O–H groups in total. The molecule has 1 atom stereocenters. The van der Waals surface area contributed by atoms with Crippen molar-refractivity contribution in [2.75, 3.05) is 6.61 Å². The number of rotatable bonds is 4. The van der Waals surface area contributed by atoms with Gasteiger partial charge in [0, 0.05) is 5.30 Å². The molecular weight excluding hydrogens is 247 g/mol. The van der Waals surface area contributed by atoms with Crippen LogP contribution in [0.25, 0.3) is 0 Å². The fraction of sp³-hybridized carbons (Fsp3) is 0.143. The molecule has 0 fully saturated rings. The van der Waals surface area contributed by atoms with Gasteiger partial charge >= 0.3 is 0 Å². The monoisotopic (exact) mass is 262 g/mol. The van der Waals surface area contributed by atoms with Crippen molar-refractivity contribution in [1.82, 2.24) is 0 Å². The Hall–Kier alpha value is -1.57. The largest absolute Gasteiger partial charge is 0.493 e. The van der Waals surface area contributed by atoms with E-state index in [2.05, 4.69) is 0 Å². The van der Waals surface area contributed by atoms with Gasteiger partial charge in [-0.15, -0.1) is 0 Å². The van der Waals surface area contributed by atoms with E-state index in [1.807, 2.05) is 13.0 Å². The van der Waals surface area contributed by atoms with Crippen molar-refractivity contribution in [2.45, 2.75) is 6.92 Å². The van der Waals surface area contributed by atoms with Gasteiger partial charge in [0.2, 0.25) is 0 Å². The zero-order valence-corrected chi connectivity index (χ0v) is 11.0. The molecular formula is C14H15O3P. The van der Waals surface area contributed by atoms with Gasteiger partial charge in [0.25, 0.3) is 7.37 Å². The topological polar surface area (TPSA) is 46.5 Å². The molecule has 2 aromatic rings. The van der Waals surface area contributed by atoms with E-state index in [4.69, 9.17) is 4.74 Å². The average Bonchev–Trinajstić information content (AvgIpc) is 2.41. The highest BCUT2D eigenvalue weighted by atomic mass is 31.2. The molecule has 0 saturated heterocycles. The number of benzene rings is 2. The van der Waals surface area contributed by atoms with Gasteiger partial charge < -0.3 is 9.63 Å². The highest BCUT2D eigenvalue weighted by Crippen LogP contribution is 2.41. The first-order chi connectivity index (χ1) is 8.66. The van der Waals surface area contributed by atoms with Crippen molar-refractivity contribution >= 4 is 18.0 Å². The summed E-state index contributed by atoms with van der Waals surface area (Å²) in [6.07, 6.45) is 0. The lowest BCUT2D eigenvalue weighted by Crippen LogP contribution is -2.17. The maximum atomic E-state index is 12.6. The lowest BCUT2D eigenvalue weighted by Gasteiger charge is -2.16. The van der Waals surface area contributed by atoms with E-state index in [9.17, 15) is 9.46 Å². The van der Waals surface area contributed by atoms with E-state index in [0.717, 1.165) is 0 Å². The highest BCUT2D eigenvalue weighted by Gasteiger charge is 2.27. The summed E-state index contributed by atoms with van der Waals surface area (Å²) < 4.78 is 18.0. The number of ether oxygens (including phenoxy) is 1. The third kappa shape index (κ3) is 2.47. The number of hydrogen-bond donors (Lipinski definition) is 1. The Morgan fingerprint density at radius 1 is 1.06 bits per heavy atom. The zero-order valence-electron chi connectivity index (χ0n) is 10.1. The van der Waals surface area contributed by atoms with E-state index in [1.54, 1.807) is 48.5 Å². The van der Waals surface area contributed by atoms with Crippen LogP contribution in [-0.4, -0.2) is 11.5 Å². The van der Waals surface area contributed by atoms with E-state index in [1.165, 1.54) is 0 Å². The second-order valence-electron chi connectivity index (χ2n) is 3.81. The molecule has 0 radical (unpaired) electrons. The van der Waals surface area contributed by atoms with Crippen molar-refractivity contribution in [3.05, 3.63) is 54.6 Å². The van der Waals surface area contributed by atoms with Gasteiger partial charge in [-0.25, -0.2) is 0 Å². The van der Waals surface area contributed by atoms with E-state index in [-0.39, 0.29) is 0 Å². The predicted octanol–water partition coefficient (Wildman–Crippen LogP) is 2.31. The summed E-state index contributed by atoms with van der Waals surface area (Å²) in [4.78, 5) is 10.3. The Bertz CT molecular complexity index is 566. The first-order valence-electron chi connectivity index (χ1n) is 5.77. The van der Waals surface area contributed by atoms with Gasteiger partial charge in [0.05, 0.1) is 11.9 Å². The molecule has 0 bridgehead atoms. The Morgan fingerprint density at radius 2 is 1.67 bits per heavy atom. The molecule has 18 heavy (non-hydrogen) atoms. The third-order valence-electron chi connectivity index (χ3n) is 2.60. The molecule has 0 aliphatic heterocycles. The SMILES string of the molecule is CCOc1ccccc1P(=O)(O)c1ccccc1. The Kier molecular flexibility index (Phi) is 3.85. The minimum atomic E-state index is -3.59. The summed E-state index contributed by atoms with van der Waals surface area (Å²) in [5.41, 5.74) is 0. The molecule has 1 unspecified atom stereocenters. The molecule has 0 saturated carbocycles. The molecule has 2 rings (SSSR count). The van der Waals surface area contributed by atoms with Crippen LogP contribution in [-0.2, 0) is 4.57 Å². The lowest BCUT2D eigenvalue weighted by molar-refractivity contribution is 0.342. The van der Waals surface area contributed by atoms with Crippen LogP contribution in [0.2, 0.25) is 0 Å². The van der Waals surface area contributed by atoms with Crippen LogP contribution < -0.4 is 15.3 Å². The minimum absolute atomic E-state index is 0.345. The van der Waals surface area contributed by atoms with Crippen molar-refractivity contribution < 1.29 is 14.2 Å². The molecule has 94 valence electrons. The molecule has 0 aromatic heterocycles. The molecule has 0 aliphatic rings. The zero-order chi connectivity index (χ0) is 13.0. The molecule has 0 heterocycles. The van der Waals surface area contributed by atoms with Gasteiger partial charge in [-0.2, -0.15) is 0 Å². The quantitative estimate of drug-likeness (QED) is 0.860. The van der Waals surface area contributed by atoms with Crippen LogP contribution in [0.1, 0.15) is 6.92 Å². The molecule has 2 aromatic carbocycles. The Morgan fingerprint density at radius 3 is 2.33 bits per heavy atom. The smallest absolute Gasteiger partial charge is 0.262 e. The van der Waals surface area contributed by atoms with Crippen molar-refractivity contribution in [2.24, 2.45) is 0 Å². The van der Waals surface area contributed by atoms with E-state index < -0.39 is 7.37 Å². The molecule has 0 aliphatic carbocycles. The van der Waals surface area contributed by atoms with Crippen molar-refractivity contribution in [3.63, 3.8) is 0 Å². The summed E-state index contributed by atoms with van der Waals surface area (Å²) in [6.45, 7) is 2.31. The Labute approximate surface area is 107 Å². The van der Waals surface area contributed by atoms with Crippen LogP contribution >= 0.6 is 7.37 Å². The fourth-order valence-electron chi connectivity index (χ4n) is 1.75. The first kappa shape index (κ1) is 12.9. The van der Waals surface area contributed by atoms with E-state index in [0.29, 0.717) is 23.0 Å². The maximum Gasteiger partial charge on any atom is 0.262 e. The van der Waals surface area contributed by atoms with Gasteiger partial charge in [-0.3, -0.25) is 4.57 Å². The fourth-order valence-corrected chi connectivity index (χ4v) is 3.33. The first-order valence-corrected chi connectivity index (χ1v) is 7.43. The lowest BCUT2D eigenvalue weighted by atomic mass is 10.3. The van der Waals surface area contributed by atoms with Gasteiger partial charge in [-0.05, 0) is 31.2 Å². The standard InChI is InChI=1S/C14H15O3P/c1-2-17-13-10-6-7-11-14(13)18(15,16)12-8-4-3-5-9-12/h3-11H,2H2,1H3,(H,15,16). The van der Waals surface area contributed by atoms with Crippen LogP contribution in [0.4, 0.5) is 0 Å².